The van der Waals surface area contributed by atoms with Crippen LogP contribution in [0.1, 0.15) is 26.7 Å². The van der Waals surface area contributed by atoms with Gasteiger partial charge in [-0.25, -0.2) is 9.18 Å². The van der Waals surface area contributed by atoms with Crippen LogP contribution < -0.4 is 10.6 Å². The summed E-state index contributed by atoms with van der Waals surface area (Å²) in [4.78, 5) is 14.1. The summed E-state index contributed by atoms with van der Waals surface area (Å²) in [6.45, 7) is 6.84. The number of rotatable bonds is 4. The maximum absolute atomic E-state index is 12.8. The van der Waals surface area contributed by atoms with E-state index in [0.29, 0.717) is 17.6 Å². The number of anilines is 1. The number of piperidine rings is 1. The first-order valence-electron chi connectivity index (χ1n) is 7.65. The summed E-state index contributed by atoms with van der Waals surface area (Å²) in [6, 6.07) is 6.22. The van der Waals surface area contributed by atoms with E-state index < -0.39 is 0 Å². The third-order valence-electron chi connectivity index (χ3n) is 3.94. The Morgan fingerprint density at radius 2 is 2.10 bits per heavy atom. The topological polar surface area (TPSA) is 44.4 Å². The highest BCUT2D eigenvalue weighted by atomic mass is 19.1. The minimum absolute atomic E-state index is 0.109. The molecule has 1 aromatic rings. The van der Waals surface area contributed by atoms with Crippen LogP contribution in [0, 0.1) is 11.7 Å². The molecule has 0 aliphatic carbocycles. The second kappa shape index (κ2) is 7.41. The molecule has 1 aliphatic rings. The Labute approximate surface area is 125 Å². The molecule has 4 nitrogen and oxygen atoms in total. The number of nitrogens with one attached hydrogen (secondary N) is 2. The largest absolute Gasteiger partial charge is 0.324 e. The predicted molar refractivity (Wildman–Crippen MR) is 82.9 cm³/mol. The van der Waals surface area contributed by atoms with Gasteiger partial charge in [0.1, 0.15) is 5.82 Å². The van der Waals surface area contributed by atoms with Crippen LogP contribution in [0.4, 0.5) is 14.9 Å². The first-order valence-corrected chi connectivity index (χ1v) is 7.65. The average Bonchev–Trinajstić information content (AvgIpc) is 2.48. The normalized spacial score (nSPS) is 22.1. The van der Waals surface area contributed by atoms with Crippen LogP contribution in [0.5, 0.6) is 0 Å². The number of halogens is 1. The molecule has 2 atom stereocenters. The molecule has 1 saturated heterocycles. The van der Waals surface area contributed by atoms with E-state index in [1.54, 1.807) is 12.1 Å². The minimum atomic E-state index is -0.301. The fraction of sp³-hybridized carbons (Fsp3) is 0.562. The molecule has 0 aromatic heterocycles. The van der Waals surface area contributed by atoms with Crippen molar-refractivity contribution in [2.75, 3.05) is 25.0 Å². The van der Waals surface area contributed by atoms with Crippen molar-refractivity contribution in [2.24, 2.45) is 5.92 Å². The van der Waals surface area contributed by atoms with Crippen molar-refractivity contribution >= 4 is 11.7 Å². The van der Waals surface area contributed by atoms with Gasteiger partial charge < -0.3 is 15.5 Å². The van der Waals surface area contributed by atoms with Gasteiger partial charge in [-0.05, 0) is 49.6 Å². The van der Waals surface area contributed by atoms with Crippen LogP contribution in [0.2, 0.25) is 0 Å². The molecule has 0 saturated carbocycles. The van der Waals surface area contributed by atoms with Crippen LogP contribution in [0.3, 0.4) is 0 Å². The van der Waals surface area contributed by atoms with Gasteiger partial charge in [-0.2, -0.15) is 0 Å². The Balaban J connectivity index is 1.85. The Bertz CT molecular complexity index is 463. The first-order chi connectivity index (χ1) is 10.1. The molecule has 2 N–H and O–H groups in total. The summed E-state index contributed by atoms with van der Waals surface area (Å²) >= 11 is 0. The molecule has 0 bridgehead atoms. The molecule has 116 valence electrons. The Kier molecular flexibility index (Phi) is 5.56. The lowest BCUT2D eigenvalue weighted by molar-refractivity contribution is 0.160. The highest BCUT2D eigenvalue weighted by Gasteiger charge is 2.28. The van der Waals surface area contributed by atoms with E-state index in [-0.39, 0.29) is 11.8 Å². The minimum Gasteiger partial charge on any atom is -0.324 e. The lowest BCUT2D eigenvalue weighted by atomic mass is 9.94. The van der Waals surface area contributed by atoms with Gasteiger partial charge in [-0.1, -0.05) is 13.8 Å². The van der Waals surface area contributed by atoms with E-state index in [9.17, 15) is 9.18 Å². The number of likely N-dealkylation sites (tertiary alicyclic amines) is 1. The molecule has 2 amide bonds. The van der Waals surface area contributed by atoms with E-state index in [1.165, 1.54) is 12.1 Å². The van der Waals surface area contributed by atoms with Crippen molar-refractivity contribution in [3.63, 3.8) is 0 Å². The molecule has 21 heavy (non-hydrogen) atoms. The maximum atomic E-state index is 12.8. The van der Waals surface area contributed by atoms with Crippen molar-refractivity contribution in [3.05, 3.63) is 30.1 Å². The maximum Gasteiger partial charge on any atom is 0.321 e. The Morgan fingerprint density at radius 1 is 1.38 bits per heavy atom. The van der Waals surface area contributed by atoms with Gasteiger partial charge >= 0.3 is 6.03 Å². The SMILES string of the molecule is CCCNC1CCN(C(=O)Nc2ccc(F)cc2)CC1C. The lowest BCUT2D eigenvalue weighted by Gasteiger charge is -2.37. The summed E-state index contributed by atoms with van der Waals surface area (Å²) in [5.74, 6) is 0.133. The van der Waals surface area contributed by atoms with Gasteiger partial charge in [-0.15, -0.1) is 0 Å². The number of hydrogen-bond acceptors (Lipinski definition) is 2. The summed E-state index contributed by atoms with van der Waals surface area (Å²) in [5, 5.41) is 6.35. The molecule has 2 unspecified atom stereocenters. The molecular weight excluding hydrogens is 269 g/mol. The zero-order valence-corrected chi connectivity index (χ0v) is 12.7. The Hall–Kier alpha value is -1.62. The molecule has 5 heteroatoms. The third kappa shape index (κ3) is 4.43. The molecule has 1 aromatic carbocycles. The molecular formula is C16H24FN3O. The van der Waals surface area contributed by atoms with Crippen molar-refractivity contribution in [1.82, 2.24) is 10.2 Å². The summed E-state index contributed by atoms with van der Waals surface area (Å²) in [5.41, 5.74) is 0.625. The second-order valence-electron chi connectivity index (χ2n) is 5.71. The number of carbonyl (C=O) groups is 1. The predicted octanol–water partition coefficient (Wildman–Crippen LogP) is 3.07. The summed E-state index contributed by atoms with van der Waals surface area (Å²) < 4.78 is 12.8. The van der Waals surface area contributed by atoms with Crippen molar-refractivity contribution in [1.29, 1.82) is 0 Å². The van der Waals surface area contributed by atoms with Crippen LogP contribution in [0.25, 0.3) is 0 Å². The van der Waals surface area contributed by atoms with E-state index in [4.69, 9.17) is 0 Å². The van der Waals surface area contributed by atoms with E-state index in [0.717, 1.165) is 32.5 Å². The number of amides is 2. The number of urea groups is 1. The highest BCUT2D eigenvalue weighted by molar-refractivity contribution is 5.89. The standard InChI is InChI=1S/C16H24FN3O/c1-3-9-18-15-8-10-20(11-12(15)2)16(21)19-14-6-4-13(17)5-7-14/h4-7,12,15,18H,3,8-11H2,1-2H3,(H,19,21). The smallest absolute Gasteiger partial charge is 0.321 e. The summed E-state index contributed by atoms with van der Waals surface area (Å²) in [7, 11) is 0. The van der Waals surface area contributed by atoms with Crippen LogP contribution >= 0.6 is 0 Å². The third-order valence-corrected chi connectivity index (χ3v) is 3.94. The fourth-order valence-electron chi connectivity index (χ4n) is 2.70. The van der Waals surface area contributed by atoms with E-state index in [2.05, 4.69) is 24.5 Å². The van der Waals surface area contributed by atoms with E-state index >= 15 is 0 Å². The van der Waals surface area contributed by atoms with Crippen molar-refractivity contribution in [3.8, 4) is 0 Å². The Morgan fingerprint density at radius 3 is 2.71 bits per heavy atom. The molecule has 2 rings (SSSR count). The first kappa shape index (κ1) is 15.8. The van der Waals surface area contributed by atoms with Gasteiger partial charge in [0.15, 0.2) is 0 Å². The molecule has 0 spiro atoms. The second-order valence-corrected chi connectivity index (χ2v) is 5.71. The zero-order chi connectivity index (χ0) is 15.2. The van der Waals surface area contributed by atoms with Gasteiger partial charge in [0, 0.05) is 24.8 Å². The summed E-state index contributed by atoms with van der Waals surface area (Å²) in [6.07, 6.45) is 2.09. The van der Waals surface area contributed by atoms with Gasteiger partial charge in [0.2, 0.25) is 0 Å². The average molecular weight is 293 g/mol. The zero-order valence-electron chi connectivity index (χ0n) is 12.7. The quantitative estimate of drug-likeness (QED) is 0.896. The number of benzene rings is 1. The number of nitrogens with zero attached hydrogens (tertiary/aromatic N) is 1. The highest BCUT2D eigenvalue weighted by Crippen LogP contribution is 2.18. The van der Waals surface area contributed by atoms with Gasteiger partial charge in [0.05, 0.1) is 0 Å². The van der Waals surface area contributed by atoms with Crippen LogP contribution in [-0.4, -0.2) is 36.6 Å². The monoisotopic (exact) mass is 293 g/mol. The van der Waals surface area contributed by atoms with E-state index in [1.807, 2.05) is 4.90 Å². The number of hydrogen-bond donors (Lipinski definition) is 2. The fourth-order valence-corrected chi connectivity index (χ4v) is 2.70. The van der Waals surface area contributed by atoms with Crippen LogP contribution in [0.15, 0.2) is 24.3 Å². The molecule has 1 fully saturated rings. The molecule has 1 aliphatic heterocycles. The number of carbonyl (C=O) groups excluding carboxylic acids is 1. The van der Waals surface area contributed by atoms with Gasteiger partial charge in [0.25, 0.3) is 0 Å². The lowest BCUT2D eigenvalue weighted by Crippen LogP contribution is -2.51. The molecule has 1 heterocycles. The van der Waals surface area contributed by atoms with Crippen molar-refractivity contribution < 1.29 is 9.18 Å². The molecule has 0 radical (unpaired) electrons. The van der Waals surface area contributed by atoms with Crippen LogP contribution in [-0.2, 0) is 0 Å². The van der Waals surface area contributed by atoms with Crippen molar-refractivity contribution in [2.45, 2.75) is 32.7 Å². The van der Waals surface area contributed by atoms with Gasteiger partial charge in [-0.3, -0.25) is 0 Å².